The number of amides is 1. The molecule has 0 spiro atoms. The summed E-state index contributed by atoms with van der Waals surface area (Å²) in [6.45, 7) is 5.41. The molecule has 0 aromatic carbocycles. The second-order valence-electron chi connectivity index (χ2n) is 3.57. The standard InChI is InChI=1S/C9H14N2O3/c1-6(2)7(12)11-5-3-4-9(11,10)8(13)14/h1,3-5,10H2,2H3,(H,13,14)/t9-/m0/s1. The molecule has 1 rings (SSSR count). The predicted octanol–water partition coefficient (Wildman–Crippen LogP) is -0.0755. The molecule has 1 aliphatic heterocycles. The van der Waals surface area contributed by atoms with Crippen molar-refractivity contribution >= 4 is 11.9 Å². The lowest BCUT2D eigenvalue weighted by atomic mass is 10.1. The van der Waals surface area contributed by atoms with E-state index in [1.54, 1.807) is 6.92 Å². The van der Waals surface area contributed by atoms with Crippen LogP contribution in [0, 0.1) is 0 Å². The fourth-order valence-electron chi connectivity index (χ4n) is 1.58. The Hall–Kier alpha value is -1.36. The highest BCUT2D eigenvalue weighted by molar-refractivity contribution is 5.96. The molecule has 0 saturated carbocycles. The molecule has 1 amide bonds. The number of carbonyl (C=O) groups excluding carboxylic acids is 1. The third kappa shape index (κ3) is 1.50. The van der Waals surface area contributed by atoms with Crippen molar-refractivity contribution in [3.8, 4) is 0 Å². The first kappa shape index (κ1) is 10.7. The number of likely N-dealkylation sites (tertiary alicyclic amines) is 1. The molecule has 14 heavy (non-hydrogen) atoms. The van der Waals surface area contributed by atoms with E-state index in [0.29, 0.717) is 25.0 Å². The molecule has 0 aromatic rings. The van der Waals surface area contributed by atoms with Crippen LogP contribution in [0.15, 0.2) is 12.2 Å². The zero-order chi connectivity index (χ0) is 10.9. The van der Waals surface area contributed by atoms with Gasteiger partial charge in [0.25, 0.3) is 5.91 Å². The van der Waals surface area contributed by atoms with Crippen molar-refractivity contribution in [3.05, 3.63) is 12.2 Å². The molecule has 1 heterocycles. The van der Waals surface area contributed by atoms with Crippen LogP contribution in [0.25, 0.3) is 0 Å². The first-order valence-corrected chi connectivity index (χ1v) is 4.39. The Morgan fingerprint density at radius 2 is 2.14 bits per heavy atom. The number of carbonyl (C=O) groups is 2. The molecule has 0 unspecified atom stereocenters. The van der Waals surface area contributed by atoms with Crippen LogP contribution in [0.4, 0.5) is 0 Å². The number of rotatable bonds is 2. The van der Waals surface area contributed by atoms with Gasteiger partial charge in [-0.15, -0.1) is 0 Å². The molecule has 78 valence electrons. The average Bonchev–Trinajstić information content (AvgIpc) is 2.47. The molecule has 0 aromatic heterocycles. The summed E-state index contributed by atoms with van der Waals surface area (Å²) in [5.41, 5.74) is 4.41. The van der Waals surface area contributed by atoms with Gasteiger partial charge in [0.05, 0.1) is 0 Å². The van der Waals surface area contributed by atoms with Crippen LogP contribution in [0.3, 0.4) is 0 Å². The van der Waals surface area contributed by atoms with Gasteiger partial charge in [-0.2, -0.15) is 0 Å². The van der Waals surface area contributed by atoms with Gasteiger partial charge < -0.3 is 10.0 Å². The lowest BCUT2D eigenvalue weighted by Gasteiger charge is -2.30. The van der Waals surface area contributed by atoms with Crippen LogP contribution in [0.1, 0.15) is 19.8 Å². The minimum atomic E-state index is -1.55. The van der Waals surface area contributed by atoms with Crippen molar-refractivity contribution in [1.82, 2.24) is 4.90 Å². The Bertz CT molecular complexity index is 300. The molecule has 3 N–H and O–H groups in total. The van der Waals surface area contributed by atoms with Crippen LogP contribution in [-0.2, 0) is 9.59 Å². The van der Waals surface area contributed by atoms with Crippen molar-refractivity contribution in [2.75, 3.05) is 6.54 Å². The van der Waals surface area contributed by atoms with Crippen LogP contribution in [0.5, 0.6) is 0 Å². The minimum Gasteiger partial charge on any atom is -0.478 e. The molecule has 5 heteroatoms. The zero-order valence-corrected chi connectivity index (χ0v) is 8.12. The smallest absolute Gasteiger partial charge is 0.344 e. The number of carboxylic acids is 1. The highest BCUT2D eigenvalue weighted by Gasteiger charge is 2.46. The van der Waals surface area contributed by atoms with E-state index in [9.17, 15) is 9.59 Å². The molecule has 0 radical (unpaired) electrons. The van der Waals surface area contributed by atoms with Crippen LogP contribution in [0.2, 0.25) is 0 Å². The topological polar surface area (TPSA) is 83.6 Å². The first-order chi connectivity index (χ1) is 6.39. The van der Waals surface area contributed by atoms with E-state index in [2.05, 4.69) is 6.58 Å². The van der Waals surface area contributed by atoms with Crippen LogP contribution >= 0.6 is 0 Å². The Morgan fingerprint density at radius 1 is 1.57 bits per heavy atom. The van der Waals surface area contributed by atoms with Gasteiger partial charge in [0, 0.05) is 12.1 Å². The highest BCUT2D eigenvalue weighted by atomic mass is 16.4. The summed E-state index contributed by atoms with van der Waals surface area (Å²) in [5, 5.41) is 8.93. The zero-order valence-electron chi connectivity index (χ0n) is 8.12. The van der Waals surface area contributed by atoms with E-state index in [-0.39, 0.29) is 5.91 Å². The van der Waals surface area contributed by atoms with Crippen molar-refractivity contribution < 1.29 is 14.7 Å². The van der Waals surface area contributed by atoms with Gasteiger partial charge in [-0.1, -0.05) is 6.58 Å². The number of nitrogens with zero attached hydrogens (tertiary/aromatic N) is 1. The quantitative estimate of drug-likeness (QED) is 0.608. The van der Waals surface area contributed by atoms with Crippen molar-refractivity contribution in [2.24, 2.45) is 5.73 Å². The third-order valence-electron chi connectivity index (χ3n) is 2.40. The summed E-state index contributed by atoms with van der Waals surface area (Å²) in [4.78, 5) is 23.6. The molecule has 0 aliphatic carbocycles. The van der Waals surface area contributed by atoms with E-state index in [1.807, 2.05) is 0 Å². The number of aliphatic carboxylic acids is 1. The molecule has 1 aliphatic rings. The number of hydrogen-bond acceptors (Lipinski definition) is 3. The first-order valence-electron chi connectivity index (χ1n) is 4.39. The van der Waals surface area contributed by atoms with Gasteiger partial charge in [-0.05, 0) is 19.8 Å². The maximum absolute atomic E-state index is 11.5. The van der Waals surface area contributed by atoms with Crippen molar-refractivity contribution in [1.29, 1.82) is 0 Å². The largest absolute Gasteiger partial charge is 0.478 e. The summed E-state index contributed by atoms with van der Waals surface area (Å²) in [5.74, 6) is -1.54. The second kappa shape index (κ2) is 3.42. The summed E-state index contributed by atoms with van der Waals surface area (Å²) >= 11 is 0. The van der Waals surface area contributed by atoms with E-state index in [0.717, 1.165) is 0 Å². The van der Waals surface area contributed by atoms with Gasteiger partial charge in [0.15, 0.2) is 5.66 Å². The summed E-state index contributed by atoms with van der Waals surface area (Å²) < 4.78 is 0. The van der Waals surface area contributed by atoms with Gasteiger partial charge in [-0.25, -0.2) is 4.79 Å². The maximum Gasteiger partial charge on any atom is 0.344 e. The monoisotopic (exact) mass is 198 g/mol. The maximum atomic E-state index is 11.5. The Balaban J connectivity index is 2.94. The SMILES string of the molecule is C=C(C)C(=O)N1CCC[C@@]1(N)C(=O)O. The van der Waals surface area contributed by atoms with Gasteiger partial charge in [-0.3, -0.25) is 10.5 Å². The average molecular weight is 198 g/mol. The van der Waals surface area contributed by atoms with E-state index >= 15 is 0 Å². The lowest BCUT2D eigenvalue weighted by molar-refractivity contribution is -0.154. The fourth-order valence-corrected chi connectivity index (χ4v) is 1.58. The molecule has 1 fully saturated rings. The molecule has 1 atom stereocenters. The number of nitrogens with two attached hydrogens (primary N) is 1. The van der Waals surface area contributed by atoms with E-state index in [1.165, 1.54) is 4.90 Å². The van der Waals surface area contributed by atoms with E-state index in [4.69, 9.17) is 10.8 Å². The molecular formula is C9H14N2O3. The third-order valence-corrected chi connectivity index (χ3v) is 2.40. The normalized spacial score (nSPS) is 26.3. The van der Waals surface area contributed by atoms with Gasteiger partial charge in [0.1, 0.15) is 0 Å². The van der Waals surface area contributed by atoms with Crippen LogP contribution < -0.4 is 5.73 Å². The molecule has 1 saturated heterocycles. The summed E-state index contributed by atoms with van der Waals surface area (Å²) in [7, 11) is 0. The Kier molecular flexibility index (Phi) is 2.62. The lowest BCUT2D eigenvalue weighted by Crippen LogP contribution is -2.59. The van der Waals surface area contributed by atoms with Crippen LogP contribution in [-0.4, -0.2) is 34.1 Å². The summed E-state index contributed by atoms with van der Waals surface area (Å²) in [6.07, 6.45) is 0.906. The molecule has 0 bridgehead atoms. The van der Waals surface area contributed by atoms with Gasteiger partial charge >= 0.3 is 5.97 Å². The number of hydrogen-bond donors (Lipinski definition) is 2. The fraction of sp³-hybridized carbons (Fsp3) is 0.556. The molecular weight excluding hydrogens is 184 g/mol. The summed E-state index contributed by atoms with van der Waals surface area (Å²) in [6, 6.07) is 0. The van der Waals surface area contributed by atoms with E-state index < -0.39 is 11.6 Å². The second-order valence-corrected chi connectivity index (χ2v) is 3.57. The van der Waals surface area contributed by atoms with Gasteiger partial charge in [0.2, 0.25) is 0 Å². The Labute approximate surface area is 82.2 Å². The van der Waals surface area contributed by atoms with Crippen molar-refractivity contribution in [3.63, 3.8) is 0 Å². The predicted molar refractivity (Wildman–Crippen MR) is 50.3 cm³/mol. The Morgan fingerprint density at radius 3 is 2.57 bits per heavy atom. The molecule has 5 nitrogen and oxygen atoms in total. The van der Waals surface area contributed by atoms with Crippen molar-refractivity contribution in [2.45, 2.75) is 25.4 Å². The highest BCUT2D eigenvalue weighted by Crippen LogP contribution is 2.25. The minimum absolute atomic E-state index is 0.293. The number of carboxylic acid groups (broad SMARTS) is 1.